The van der Waals surface area contributed by atoms with E-state index >= 15 is 0 Å². The molecular formula is C13H16O. The second-order valence-electron chi connectivity index (χ2n) is 3.28. The maximum Gasteiger partial charge on any atom is 0.122 e. The van der Waals surface area contributed by atoms with Crippen LogP contribution in [0.15, 0.2) is 24.3 Å². The Labute approximate surface area is 86.1 Å². The van der Waals surface area contributed by atoms with Crippen molar-refractivity contribution >= 4 is 0 Å². The summed E-state index contributed by atoms with van der Waals surface area (Å²) in [6, 6.07) is 8.05. The Balaban J connectivity index is 2.25. The number of ether oxygens (including phenoxy) is 1. The molecule has 0 aliphatic heterocycles. The fraction of sp³-hybridized carbons (Fsp3) is 0.385. The van der Waals surface area contributed by atoms with Gasteiger partial charge in [-0.05, 0) is 31.4 Å². The Bertz CT molecular complexity index is 309. The fourth-order valence-corrected chi connectivity index (χ4v) is 1.23. The van der Waals surface area contributed by atoms with E-state index in [1.54, 1.807) is 0 Å². The van der Waals surface area contributed by atoms with E-state index in [4.69, 9.17) is 11.2 Å². The van der Waals surface area contributed by atoms with Crippen LogP contribution in [-0.4, -0.2) is 6.61 Å². The van der Waals surface area contributed by atoms with E-state index < -0.39 is 0 Å². The number of benzene rings is 1. The van der Waals surface area contributed by atoms with Crippen LogP contribution in [0.5, 0.6) is 5.75 Å². The molecule has 0 atom stereocenters. The normalized spacial score (nSPS) is 9.43. The molecule has 0 aromatic heterocycles. The first-order chi connectivity index (χ1) is 6.84. The summed E-state index contributed by atoms with van der Waals surface area (Å²) in [7, 11) is 0. The highest BCUT2D eigenvalue weighted by Gasteiger charge is 1.96. The zero-order valence-corrected chi connectivity index (χ0v) is 8.62. The standard InChI is InChI=1S/C13H16O/c1-3-4-5-8-11-14-13-10-7-6-9-12(13)2/h1,6-7,9-10H,4-5,8,11H2,2H3. The van der Waals surface area contributed by atoms with Crippen LogP contribution in [0.1, 0.15) is 24.8 Å². The van der Waals surface area contributed by atoms with Gasteiger partial charge in [0, 0.05) is 6.42 Å². The molecule has 0 radical (unpaired) electrons. The number of unbranched alkanes of at least 4 members (excludes halogenated alkanes) is 2. The van der Waals surface area contributed by atoms with Gasteiger partial charge in [0.15, 0.2) is 0 Å². The first-order valence-corrected chi connectivity index (χ1v) is 4.96. The van der Waals surface area contributed by atoms with Gasteiger partial charge in [-0.25, -0.2) is 0 Å². The Morgan fingerprint density at radius 2 is 2.07 bits per heavy atom. The van der Waals surface area contributed by atoms with Crippen LogP contribution in [0.3, 0.4) is 0 Å². The highest BCUT2D eigenvalue weighted by atomic mass is 16.5. The molecule has 1 rings (SSSR count). The summed E-state index contributed by atoms with van der Waals surface area (Å²) >= 11 is 0. The van der Waals surface area contributed by atoms with Crippen LogP contribution in [0.25, 0.3) is 0 Å². The number of para-hydroxylation sites is 1. The summed E-state index contributed by atoms with van der Waals surface area (Å²) in [6.07, 6.45) is 8.07. The Morgan fingerprint density at radius 1 is 1.29 bits per heavy atom. The number of hydrogen-bond acceptors (Lipinski definition) is 1. The van der Waals surface area contributed by atoms with Crippen molar-refractivity contribution in [2.45, 2.75) is 26.2 Å². The van der Waals surface area contributed by atoms with Crippen LogP contribution in [0.4, 0.5) is 0 Å². The van der Waals surface area contributed by atoms with E-state index in [-0.39, 0.29) is 0 Å². The van der Waals surface area contributed by atoms with Crippen molar-refractivity contribution in [1.29, 1.82) is 0 Å². The lowest BCUT2D eigenvalue weighted by molar-refractivity contribution is 0.305. The van der Waals surface area contributed by atoms with Crippen molar-refractivity contribution in [2.75, 3.05) is 6.61 Å². The van der Waals surface area contributed by atoms with Gasteiger partial charge < -0.3 is 4.74 Å². The maximum absolute atomic E-state index is 5.61. The number of terminal acetylenes is 1. The molecule has 1 heteroatoms. The van der Waals surface area contributed by atoms with Crippen molar-refractivity contribution in [3.05, 3.63) is 29.8 Å². The first kappa shape index (κ1) is 10.7. The van der Waals surface area contributed by atoms with Gasteiger partial charge in [0.05, 0.1) is 6.61 Å². The smallest absolute Gasteiger partial charge is 0.122 e. The average molecular weight is 188 g/mol. The molecule has 1 nitrogen and oxygen atoms in total. The Kier molecular flexibility index (Phi) is 4.64. The minimum Gasteiger partial charge on any atom is -0.493 e. The monoisotopic (exact) mass is 188 g/mol. The lowest BCUT2D eigenvalue weighted by Crippen LogP contribution is -1.98. The average Bonchev–Trinajstić information content (AvgIpc) is 2.20. The number of aryl methyl sites for hydroxylation is 1. The third-order valence-corrected chi connectivity index (χ3v) is 2.07. The summed E-state index contributed by atoms with van der Waals surface area (Å²) in [5.74, 6) is 3.60. The van der Waals surface area contributed by atoms with Gasteiger partial charge in [-0.2, -0.15) is 0 Å². The molecule has 0 spiro atoms. The third-order valence-electron chi connectivity index (χ3n) is 2.07. The van der Waals surface area contributed by atoms with Gasteiger partial charge in [-0.3, -0.25) is 0 Å². The molecule has 0 aliphatic rings. The highest BCUT2D eigenvalue weighted by molar-refractivity contribution is 5.31. The van der Waals surface area contributed by atoms with Crippen molar-refractivity contribution in [1.82, 2.24) is 0 Å². The second kappa shape index (κ2) is 6.10. The molecular weight excluding hydrogens is 172 g/mol. The molecule has 0 aliphatic carbocycles. The summed E-state index contributed by atoms with van der Waals surface area (Å²) in [6.45, 7) is 2.81. The maximum atomic E-state index is 5.61. The van der Waals surface area contributed by atoms with E-state index in [1.165, 1.54) is 5.56 Å². The third kappa shape index (κ3) is 3.53. The van der Waals surface area contributed by atoms with Crippen LogP contribution < -0.4 is 4.74 Å². The van der Waals surface area contributed by atoms with Gasteiger partial charge in [0.2, 0.25) is 0 Å². The van der Waals surface area contributed by atoms with Crippen molar-refractivity contribution in [2.24, 2.45) is 0 Å². The molecule has 0 fully saturated rings. The molecule has 0 amide bonds. The summed E-state index contributed by atoms with van der Waals surface area (Å²) in [5, 5.41) is 0. The van der Waals surface area contributed by atoms with E-state index in [0.717, 1.165) is 31.6 Å². The van der Waals surface area contributed by atoms with Crippen molar-refractivity contribution < 1.29 is 4.74 Å². The summed E-state index contributed by atoms with van der Waals surface area (Å²) in [4.78, 5) is 0. The molecule has 1 aromatic carbocycles. The Morgan fingerprint density at radius 3 is 2.79 bits per heavy atom. The quantitative estimate of drug-likeness (QED) is 0.509. The molecule has 0 unspecified atom stereocenters. The van der Waals surface area contributed by atoms with Crippen LogP contribution >= 0.6 is 0 Å². The minimum absolute atomic E-state index is 0.756. The van der Waals surface area contributed by atoms with Gasteiger partial charge in [0.25, 0.3) is 0 Å². The predicted molar refractivity (Wildman–Crippen MR) is 59.4 cm³/mol. The van der Waals surface area contributed by atoms with Crippen molar-refractivity contribution in [3.63, 3.8) is 0 Å². The SMILES string of the molecule is C#CCCCCOc1ccccc1C. The largest absolute Gasteiger partial charge is 0.493 e. The van der Waals surface area contributed by atoms with E-state index in [9.17, 15) is 0 Å². The van der Waals surface area contributed by atoms with Gasteiger partial charge >= 0.3 is 0 Å². The van der Waals surface area contributed by atoms with Gasteiger partial charge in [0.1, 0.15) is 5.75 Å². The summed E-state index contributed by atoms with van der Waals surface area (Å²) in [5.41, 5.74) is 1.18. The molecule has 74 valence electrons. The zero-order chi connectivity index (χ0) is 10.2. The fourth-order valence-electron chi connectivity index (χ4n) is 1.23. The van der Waals surface area contributed by atoms with Crippen LogP contribution in [-0.2, 0) is 0 Å². The Hall–Kier alpha value is -1.42. The highest BCUT2D eigenvalue weighted by Crippen LogP contribution is 2.16. The van der Waals surface area contributed by atoms with E-state index in [2.05, 4.69) is 18.9 Å². The second-order valence-corrected chi connectivity index (χ2v) is 3.28. The number of hydrogen-bond donors (Lipinski definition) is 0. The van der Waals surface area contributed by atoms with Gasteiger partial charge in [-0.1, -0.05) is 18.2 Å². The predicted octanol–water partition coefficient (Wildman–Crippen LogP) is 3.18. The molecule has 0 bridgehead atoms. The van der Waals surface area contributed by atoms with Crippen LogP contribution in [0.2, 0.25) is 0 Å². The van der Waals surface area contributed by atoms with Crippen molar-refractivity contribution in [3.8, 4) is 18.1 Å². The summed E-state index contributed by atoms with van der Waals surface area (Å²) < 4.78 is 5.61. The molecule has 0 saturated carbocycles. The minimum atomic E-state index is 0.756. The van der Waals surface area contributed by atoms with Gasteiger partial charge in [-0.15, -0.1) is 12.3 Å². The molecule has 0 heterocycles. The molecule has 14 heavy (non-hydrogen) atoms. The molecule has 0 N–H and O–H groups in total. The zero-order valence-electron chi connectivity index (χ0n) is 8.62. The van der Waals surface area contributed by atoms with Crippen LogP contribution in [0, 0.1) is 19.3 Å². The first-order valence-electron chi connectivity index (χ1n) is 4.96. The van der Waals surface area contributed by atoms with E-state index in [1.807, 2.05) is 18.2 Å². The number of rotatable bonds is 5. The molecule has 0 saturated heterocycles. The topological polar surface area (TPSA) is 9.23 Å². The lowest BCUT2D eigenvalue weighted by atomic mass is 10.2. The molecule has 1 aromatic rings. The lowest BCUT2D eigenvalue weighted by Gasteiger charge is -2.07. The van der Waals surface area contributed by atoms with E-state index in [0.29, 0.717) is 0 Å².